The van der Waals surface area contributed by atoms with Crippen LogP contribution in [0.15, 0.2) is 36.4 Å². The van der Waals surface area contributed by atoms with E-state index in [2.05, 4.69) is 0 Å². The van der Waals surface area contributed by atoms with Crippen molar-refractivity contribution in [3.8, 4) is 11.1 Å². The molecule has 4 heteroatoms. The van der Waals surface area contributed by atoms with E-state index in [4.69, 9.17) is 9.47 Å². The summed E-state index contributed by atoms with van der Waals surface area (Å²) in [6, 6.07) is 12.0. The van der Waals surface area contributed by atoms with E-state index in [0.29, 0.717) is 12.8 Å². The highest BCUT2D eigenvalue weighted by atomic mass is 16.5. The second-order valence-corrected chi connectivity index (χ2v) is 6.32. The Morgan fingerprint density at radius 3 is 1.58 bits per heavy atom. The standard InChI is InChI=1S/C20H18O4/c1-23-19(21)15-9-11-5-4-8-14-16(20(22)24-2)10-12-6-3-7-13(15)17(12)18(11)14/h3-8,15-16H,9-10H2,1-2H3. The van der Waals surface area contributed by atoms with Crippen LogP contribution < -0.4 is 0 Å². The summed E-state index contributed by atoms with van der Waals surface area (Å²) in [6.45, 7) is 0. The topological polar surface area (TPSA) is 52.6 Å². The summed E-state index contributed by atoms with van der Waals surface area (Å²) < 4.78 is 10.0. The van der Waals surface area contributed by atoms with Crippen molar-refractivity contribution in [3.63, 3.8) is 0 Å². The van der Waals surface area contributed by atoms with Crippen LogP contribution in [0, 0.1) is 0 Å². The molecule has 0 heterocycles. The zero-order valence-electron chi connectivity index (χ0n) is 13.7. The third-order valence-electron chi connectivity index (χ3n) is 5.19. The van der Waals surface area contributed by atoms with Gasteiger partial charge in [-0.3, -0.25) is 9.59 Å². The van der Waals surface area contributed by atoms with E-state index in [-0.39, 0.29) is 23.8 Å². The lowest BCUT2D eigenvalue weighted by molar-refractivity contribution is -0.143. The largest absolute Gasteiger partial charge is 0.469 e. The number of carbonyl (C=O) groups excluding carboxylic acids is 2. The lowest BCUT2D eigenvalue weighted by Gasteiger charge is -2.35. The Hall–Kier alpha value is -2.62. The van der Waals surface area contributed by atoms with Gasteiger partial charge in [-0.15, -0.1) is 0 Å². The van der Waals surface area contributed by atoms with Crippen molar-refractivity contribution in [2.45, 2.75) is 24.7 Å². The van der Waals surface area contributed by atoms with Crippen molar-refractivity contribution in [3.05, 3.63) is 58.7 Å². The molecule has 2 aliphatic carbocycles. The van der Waals surface area contributed by atoms with Crippen molar-refractivity contribution in [1.82, 2.24) is 0 Å². The second-order valence-electron chi connectivity index (χ2n) is 6.32. The van der Waals surface area contributed by atoms with Crippen LogP contribution in [0.1, 0.15) is 34.1 Å². The van der Waals surface area contributed by atoms with Crippen LogP contribution in [0.2, 0.25) is 0 Å². The van der Waals surface area contributed by atoms with Gasteiger partial charge in [-0.25, -0.2) is 0 Å². The molecule has 0 amide bonds. The molecule has 0 saturated heterocycles. The number of benzene rings is 2. The van der Waals surface area contributed by atoms with Gasteiger partial charge in [-0.05, 0) is 46.2 Å². The summed E-state index contributed by atoms with van der Waals surface area (Å²) in [4.78, 5) is 24.6. The maximum Gasteiger partial charge on any atom is 0.313 e. The molecule has 24 heavy (non-hydrogen) atoms. The molecule has 0 N–H and O–H groups in total. The van der Waals surface area contributed by atoms with Gasteiger partial charge in [0.05, 0.1) is 26.1 Å². The van der Waals surface area contributed by atoms with Crippen LogP contribution in [0.25, 0.3) is 11.1 Å². The van der Waals surface area contributed by atoms with E-state index in [1.54, 1.807) is 0 Å². The smallest absolute Gasteiger partial charge is 0.313 e. The van der Waals surface area contributed by atoms with E-state index in [1.807, 2.05) is 36.4 Å². The van der Waals surface area contributed by atoms with Crippen LogP contribution in [-0.4, -0.2) is 26.2 Å². The third-order valence-corrected chi connectivity index (χ3v) is 5.19. The molecule has 122 valence electrons. The minimum absolute atomic E-state index is 0.213. The van der Waals surface area contributed by atoms with Gasteiger partial charge in [0, 0.05) is 0 Å². The SMILES string of the molecule is COC(=O)C1Cc2cccc3c2-c2c(cccc21)CC3C(=O)OC. The first kappa shape index (κ1) is 14.9. The van der Waals surface area contributed by atoms with Gasteiger partial charge in [0.15, 0.2) is 0 Å². The molecule has 2 aliphatic rings. The van der Waals surface area contributed by atoms with Gasteiger partial charge in [0.25, 0.3) is 0 Å². The Balaban J connectivity index is 1.97. The number of ether oxygens (including phenoxy) is 2. The fraction of sp³-hybridized carbons (Fsp3) is 0.300. The van der Waals surface area contributed by atoms with Crippen molar-refractivity contribution < 1.29 is 19.1 Å². The molecule has 0 saturated carbocycles. The van der Waals surface area contributed by atoms with Crippen LogP contribution in [0.5, 0.6) is 0 Å². The molecule has 4 nitrogen and oxygen atoms in total. The minimum Gasteiger partial charge on any atom is -0.469 e. The van der Waals surface area contributed by atoms with Gasteiger partial charge < -0.3 is 9.47 Å². The summed E-state index contributed by atoms with van der Waals surface area (Å²) >= 11 is 0. The molecule has 0 radical (unpaired) electrons. The van der Waals surface area contributed by atoms with E-state index >= 15 is 0 Å². The molecule has 0 fully saturated rings. The van der Waals surface area contributed by atoms with Crippen molar-refractivity contribution >= 4 is 11.9 Å². The summed E-state index contributed by atoms with van der Waals surface area (Å²) in [6.07, 6.45) is 1.19. The lowest BCUT2D eigenvalue weighted by Crippen LogP contribution is -2.27. The fourth-order valence-electron chi connectivity index (χ4n) is 4.14. The van der Waals surface area contributed by atoms with Crippen LogP contribution in [-0.2, 0) is 31.9 Å². The first-order chi connectivity index (χ1) is 11.7. The Morgan fingerprint density at radius 1 is 0.792 bits per heavy atom. The van der Waals surface area contributed by atoms with E-state index in [9.17, 15) is 9.59 Å². The predicted octanol–water partition coefficient (Wildman–Crippen LogP) is 2.98. The molecule has 2 aromatic rings. The summed E-state index contributed by atoms with van der Waals surface area (Å²) in [5.74, 6) is -1.01. The molecule has 4 rings (SSSR count). The molecule has 2 aromatic carbocycles. The predicted molar refractivity (Wildman–Crippen MR) is 88.8 cm³/mol. The number of rotatable bonds is 2. The highest BCUT2D eigenvalue weighted by Gasteiger charge is 2.38. The highest BCUT2D eigenvalue weighted by Crippen LogP contribution is 2.49. The Kier molecular flexibility index (Phi) is 3.41. The molecule has 0 aliphatic heterocycles. The van der Waals surface area contributed by atoms with Crippen LogP contribution >= 0.6 is 0 Å². The number of methoxy groups -OCH3 is 2. The summed E-state index contributed by atoms with van der Waals surface area (Å²) in [5.41, 5.74) is 6.40. The quantitative estimate of drug-likeness (QED) is 0.798. The molecular weight excluding hydrogens is 304 g/mol. The first-order valence-electron chi connectivity index (χ1n) is 8.05. The second kappa shape index (κ2) is 5.48. The molecule has 0 aromatic heterocycles. The minimum atomic E-state index is -0.289. The maximum absolute atomic E-state index is 12.3. The van der Waals surface area contributed by atoms with Gasteiger partial charge in [-0.2, -0.15) is 0 Å². The first-order valence-corrected chi connectivity index (χ1v) is 8.05. The number of esters is 2. The van der Waals surface area contributed by atoms with Crippen LogP contribution in [0.4, 0.5) is 0 Å². The van der Waals surface area contributed by atoms with Gasteiger partial charge >= 0.3 is 11.9 Å². The third kappa shape index (κ3) is 1.99. The molecule has 0 spiro atoms. The Bertz CT molecular complexity index is 781. The molecule has 0 bridgehead atoms. The van der Waals surface area contributed by atoms with Gasteiger partial charge in [0.1, 0.15) is 0 Å². The number of hydrogen-bond donors (Lipinski definition) is 0. The number of carbonyl (C=O) groups is 2. The Morgan fingerprint density at radius 2 is 1.21 bits per heavy atom. The molecular formula is C20H18O4. The van der Waals surface area contributed by atoms with E-state index < -0.39 is 0 Å². The molecule has 2 atom stereocenters. The zero-order valence-corrected chi connectivity index (χ0v) is 13.7. The summed E-state index contributed by atoms with van der Waals surface area (Å²) in [7, 11) is 2.86. The highest BCUT2D eigenvalue weighted by molar-refractivity contribution is 5.93. The van der Waals surface area contributed by atoms with Crippen LogP contribution in [0.3, 0.4) is 0 Å². The fourth-order valence-corrected chi connectivity index (χ4v) is 4.14. The molecule has 2 unspecified atom stereocenters. The average Bonchev–Trinajstić information content (AvgIpc) is 2.64. The van der Waals surface area contributed by atoms with Crippen molar-refractivity contribution in [2.75, 3.05) is 14.2 Å². The maximum atomic E-state index is 12.3. The van der Waals surface area contributed by atoms with E-state index in [1.165, 1.54) is 14.2 Å². The average molecular weight is 322 g/mol. The normalized spacial score (nSPS) is 20.1. The van der Waals surface area contributed by atoms with Gasteiger partial charge in [-0.1, -0.05) is 36.4 Å². The van der Waals surface area contributed by atoms with Crippen molar-refractivity contribution in [2.24, 2.45) is 0 Å². The number of hydrogen-bond acceptors (Lipinski definition) is 4. The van der Waals surface area contributed by atoms with Crippen molar-refractivity contribution in [1.29, 1.82) is 0 Å². The zero-order chi connectivity index (χ0) is 16.8. The lowest BCUT2D eigenvalue weighted by atomic mass is 9.69. The Labute approximate surface area is 140 Å². The summed E-state index contributed by atoms with van der Waals surface area (Å²) in [5, 5.41) is 0. The monoisotopic (exact) mass is 322 g/mol. The van der Waals surface area contributed by atoms with E-state index in [0.717, 1.165) is 33.4 Å². The van der Waals surface area contributed by atoms with Gasteiger partial charge in [0.2, 0.25) is 0 Å².